The second-order valence-electron chi connectivity index (χ2n) is 3.87. The van der Waals surface area contributed by atoms with Crippen LogP contribution in [0.5, 0.6) is 5.75 Å². The zero-order valence-corrected chi connectivity index (χ0v) is 11.6. The Kier molecular flexibility index (Phi) is 4.14. The van der Waals surface area contributed by atoms with E-state index in [4.69, 9.17) is 10.5 Å². The van der Waals surface area contributed by atoms with E-state index in [2.05, 4.69) is 20.9 Å². The molecule has 0 amide bonds. The van der Waals surface area contributed by atoms with Crippen molar-refractivity contribution in [3.8, 4) is 5.75 Å². The average Bonchev–Trinajstić information content (AvgIpc) is 2.38. The van der Waals surface area contributed by atoms with Gasteiger partial charge in [0.05, 0.1) is 15.5 Å². The van der Waals surface area contributed by atoms with Gasteiger partial charge in [0, 0.05) is 11.8 Å². The lowest BCUT2D eigenvalue weighted by Crippen LogP contribution is -2.01. The van der Waals surface area contributed by atoms with E-state index in [1.54, 1.807) is 12.1 Å². The minimum Gasteiger partial charge on any atom is -0.481 e. The van der Waals surface area contributed by atoms with Crippen LogP contribution in [0.3, 0.4) is 0 Å². The highest BCUT2D eigenvalue weighted by Crippen LogP contribution is 2.36. The summed E-state index contributed by atoms with van der Waals surface area (Å²) in [5.41, 5.74) is 5.69. The summed E-state index contributed by atoms with van der Waals surface area (Å²) in [5.74, 6) is -0.388. The van der Waals surface area contributed by atoms with E-state index < -0.39 is 16.4 Å². The fourth-order valence-corrected chi connectivity index (χ4v) is 2.04. The summed E-state index contributed by atoms with van der Waals surface area (Å²) in [6, 6.07) is 5.18. The fraction of sp³-hybridized carbons (Fsp3) is 0.0833. The highest BCUT2D eigenvalue weighted by Gasteiger charge is 2.20. The summed E-state index contributed by atoms with van der Waals surface area (Å²) < 4.78 is 18.7. The first-order valence-corrected chi connectivity index (χ1v) is 6.23. The van der Waals surface area contributed by atoms with Gasteiger partial charge in [0.2, 0.25) is 5.75 Å². The Morgan fingerprint density at radius 1 is 1.45 bits per heavy atom. The van der Waals surface area contributed by atoms with Crippen LogP contribution in [0.1, 0.15) is 5.56 Å². The monoisotopic (exact) mass is 341 g/mol. The first-order chi connectivity index (χ1) is 9.47. The van der Waals surface area contributed by atoms with Crippen LogP contribution >= 0.6 is 15.9 Å². The average molecular weight is 342 g/mol. The molecule has 0 spiro atoms. The molecule has 0 aliphatic carbocycles. The number of ether oxygens (including phenoxy) is 1. The smallest absolute Gasteiger partial charge is 0.315 e. The standard InChI is InChI=1S/C12H9BrFN3O3/c13-9-3-8(14)4-10(17(18)19)12(9)20-6-7-1-2-11(15)16-5-7/h1-5H,6H2,(H2,15,16). The molecule has 8 heteroatoms. The lowest BCUT2D eigenvalue weighted by molar-refractivity contribution is -0.386. The molecule has 104 valence electrons. The highest BCUT2D eigenvalue weighted by atomic mass is 79.9. The normalized spacial score (nSPS) is 10.3. The molecule has 2 rings (SSSR count). The summed E-state index contributed by atoms with van der Waals surface area (Å²) in [4.78, 5) is 14.1. The van der Waals surface area contributed by atoms with Gasteiger partial charge in [0.1, 0.15) is 18.2 Å². The molecule has 0 fully saturated rings. The van der Waals surface area contributed by atoms with E-state index in [0.29, 0.717) is 11.4 Å². The Balaban J connectivity index is 2.24. The van der Waals surface area contributed by atoms with Gasteiger partial charge in [0.15, 0.2) is 0 Å². The number of nitro benzene ring substituents is 1. The zero-order chi connectivity index (χ0) is 14.7. The van der Waals surface area contributed by atoms with Crippen LogP contribution in [0.4, 0.5) is 15.9 Å². The van der Waals surface area contributed by atoms with E-state index in [0.717, 1.165) is 12.1 Å². The Morgan fingerprint density at radius 2 is 2.20 bits per heavy atom. The number of benzene rings is 1. The van der Waals surface area contributed by atoms with Crippen LogP contribution in [0.15, 0.2) is 34.9 Å². The van der Waals surface area contributed by atoms with Crippen molar-refractivity contribution in [3.05, 3.63) is 56.4 Å². The van der Waals surface area contributed by atoms with Crippen LogP contribution in [-0.2, 0) is 6.61 Å². The van der Waals surface area contributed by atoms with Crippen LogP contribution < -0.4 is 10.5 Å². The van der Waals surface area contributed by atoms with E-state index in [1.807, 2.05) is 0 Å². The molecule has 2 aromatic rings. The molecule has 6 nitrogen and oxygen atoms in total. The quantitative estimate of drug-likeness (QED) is 0.681. The molecule has 1 aromatic heterocycles. The van der Waals surface area contributed by atoms with Crippen LogP contribution in [-0.4, -0.2) is 9.91 Å². The summed E-state index contributed by atoms with van der Waals surface area (Å²) in [6.07, 6.45) is 1.50. The number of nitro groups is 1. The number of aromatic nitrogens is 1. The number of rotatable bonds is 4. The first kappa shape index (κ1) is 14.2. The molecule has 0 bridgehead atoms. The maximum atomic E-state index is 13.2. The lowest BCUT2D eigenvalue weighted by Gasteiger charge is -2.09. The van der Waals surface area contributed by atoms with E-state index in [9.17, 15) is 14.5 Å². The van der Waals surface area contributed by atoms with Crippen molar-refractivity contribution < 1.29 is 14.1 Å². The molecular formula is C12H9BrFN3O3. The SMILES string of the molecule is Nc1ccc(COc2c(Br)cc(F)cc2[N+](=O)[O-])cn1. The minimum atomic E-state index is -0.718. The molecule has 0 aliphatic rings. The number of halogens is 2. The molecule has 0 saturated heterocycles. The molecule has 0 radical (unpaired) electrons. The number of pyridine rings is 1. The first-order valence-electron chi connectivity index (χ1n) is 5.44. The Morgan fingerprint density at radius 3 is 2.80 bits per heavy atom. The minimum absolute atomic E-state index is 0.0341. The third kappa shape index (κ3) is 3.21. The van der Waals surface area contributed by atoms with Crippen molar-refractivity contribution in [3.63, 3.8) is 0 Å². The summed E-state index contributed by atoms with van der Waals surface area (Å²) in [7, 11) is 0. The number of hydrogen-bond donors (Lipinski definition) is 1. The summed E-state index contributed by atoms with van der Waals surface area (Å²) in [5, 5.41) is 10.9. The Bertz CT molecular complexity index is 649. The van der Waals surface area contributed by atoms with Gasteiger partial charge in [-0.15, -0.1) is 0 Å². The molecule has 0 aliphatic heterocycles. The van der Waals surface area contributed by atoms with Crippen LogP contribution in [0.2, 0.25) is 0 Å². The van der Waals surface area contributed by atoms with Crippen molar-refractivity contribution in [2.75, 3.05) is 5.73 Å². The number of hydrogen-bond acceptors (Lipinski definition) is 5. The number of nitrogens with two attached hydrogens (primary N) is 1. The molecular weight excluding hydrogens is 333 g/mol. The van der Waals surface area contributed by atoms with Gasteiger partial charge in [-0.2, -0.15) is 0 Å². The summed E-state index contributed by atoms with van der Waals surface area (Å²) >= 11 is 3.05. The van der Waals surface area contributed by atoms with Crippen LogP contribution in [0.25, 0.3) is 0 Å². The van der Waals surface area contributed by atoms with E-state index in [1.165, 1.54) is 6.20 Å². The number of anilines is 1. The summed E-state index contributed by atoms with van der Waals surface area (Å²) in [6.45, 7) is 0.0539. The molecule has 20 heavy (non-hydrogen) atoms. The maximum Gasteiger partial charge on any atom is 0.315 e. The van der Waals surface area contributed by atoms with Gasteiger partial charge in [-0.1, -0.05) is 6.07 Å². The molecule has 1 heterocycles. The predicted molar refractivity (Wildman–Crippen MR) is 73.7 cm³/mol. The topological polar surface area (TPSA) is 91.3 Å². The Labute approximate surface area is 121 Å². The lowest BCUT2D eigenvalue weighted by atomic mass is 10.2. The molecule has 0 unspecified atom stereocenters. The van der Waals surface area contributed by atoms with Crippen molar-refractivity contribution in [1.29, 1.82) is 0 Å². The maximum absolute atomic E-state index is 13.2. The molecule has 1 aromatic carbocycles. The number of nitrogen functional groups attached to an aromatic ring is 1. The van der Waals surface area contributed by atoms with Gasteiger partial charge in [-0.25, -0.2) is 9.37 Å². The number of nitrogens with zero attached hydrogens (tertiary/aromatic N) is 2. The molecule has 0 saturated carbocycles. The van der Waals surface area contributed by atoms with E-state index in [-0.39, 0.29) is 16.8 Å². The predicted octanol–water partition coefficient (Wildman–Crippen LogP) is 3.05. The third-order valence-corrected chi connectivity index (χ3v) is 3.01. The second-order valence-corrected chi connectivity index (χ2v) is 4.73. The highest BCUT2D eigenvalue weighted by molar-refractivity contribution is 9.10. The molecule has 0 atom stereocenters. The van der Waals surface area contributed by atoms with Gasteiger partial charge in [-0.3, -0.25) is 10.1 Å². The zero-order valence-electron chi connectivity index (χ0n) is 10.0. The van der Waals surface area contributed by atoms with Crippen molar-refractivity contribution in [2.45, 2.75) is 6.61 Å². The third-order valence-electron chi connectivity index (χ3n) is 2.42. The van der Waals surface area contributed by atoms with Crippen molar-refractivity contribution in [1.82, 2.24) is 4.98 Å². The Hall–Kier alpha value is -2.22. The van der Waals surface area contributed by atoms with Gasteiger partial charge < -0.3 is 10.5 Å². The van der Waals surface area contributed by atoms with Crippen LogP contribution in [0, 0.1) is 15.9 Å². The second kappa shape index (κ2) is 5.83. The largest absolute Gasteiger partial charge is 0.481 e. The van der Waals surface area contributed by atoms with Gasteiger partial charge >= 0.3 is 5.69 Å². The van der Waals surface area contributed by atoms with Gasteiger partial charge in [0.25, 0.3) is 0 Å². The van der Waals surface area contributed by atoms with Crippen molar-refractivity contribution >= 4 is 27.4 Å². The van der Waals surface area contributed by atoms with Crippen molar-refractivity contribution in [2.24, 2.45) is 0 Å². The molecule has 2 N–H and O–H groups in total. The van der Waals surface area contributed by atoms with E-state index >= 15 is 0 Å². The van der Waals surface area contributed by atoms with Gasteiger partial charge in [-0.05, 0) is 28.1 Å². The fourth-order valence-electron chi connectivity index (χ4n) is 1.50.